The maximum atomic E-state index is 12.1. The predicted octanol–water partition coefficient (Wildman–Crippen LogP) is 1.96. The fourth-order valence-electron chi connectivity index (χ4n) is 1.29. The lowest BCUT2D eigenvalue weighted by atomic mass is 10.1. The third-order valence-electron chi connectivity index (χ3n) is 2.12. The number of halogens is 3. The summed E-state index contributed by atoms with van der Waals surface area (Å²) in [4.78, 5) is 22.2. The minimum atomic E-state index is -5.05. The Morgan fingerprint density at radius 3 is 2.47 bits per heavy atom. The molecular weight excluding hydrogens is 263 g/mol. The van der Waals surface area contributed by atoms with E-state index in [4.69, 9.17) is 6.42 Å². The molecule has 0 atom stereocenters. The standard InChI is InChI=1S/C12H8F3NO3/c1-3-7-8(10(17)19-2)5-4-6-9(7)16-11(18)12(13,14)15/h1,4-6H,2H3,(H,16,18). The first kappa shape index (κ1) is 14.6. The molecule has 100 valence electrons. The van der Waals surface area contributed by atoms with Crippen molar-refractivity contribution in [3.8, 4) is 12.3 Å². The first-order valence-electron chi connectivity index (χ1n) is 4.87. The number of amides is 1. The van der Waals surface area contributed by atoms with E-state index in [1.807, 2.05) is 0 Å². The number of esters is 1. The van der Waals surface area contributed by atoms with Crippen LogP contribution < -0.4 is 5.32 Å². The second kappa shape index (κ2) is 5.44. The van der Waals surface area contributed by atoms with Gasteiger partial charge in [-0.3, -0.25) is 4.79 Å². The number of carbonyl (C=O) groups is 2. The zero-order chi connectivity index (χ0) is 14.6. The second-order valence-corrected chi connectivity index (χ2v) is 3.32. The molecule has 0 aliphatic carbocycles. The smallest absolute Gasteiger partial charge is 0.465 e. The third kappa shape index (κ3) is 3.25. The van der Waals surface area contributed by atoms with Gasteiger partial charge in [-0.15, -0.1) is 6.42 Å². The van der Waals surface area contributed by atoms with E-state index in [2.05, 4.69) is 10.7 Å². The van der Waals surface area contributed by atoms with Crippen molar-refractivity contribution in [2.24, 2.45) is 0 Å². The summed E-state index contributed by atoms with van der Waals surface area (Å²) in [7, 11) is 1.10. The molecule has 0 aliphatic rings. The molecule has 1 rings (SSSR count). The van der Waals surface area contributed by atoms with E-state index < -0.39 is 18.1 Å². The Labute approximate surface area is 106 Å². The number of hydrogen-bond acceptors (Lipinski definition) is 3. The molecule has 0 saturated heterocycles. The first-order valence-corrected chi connectivity index (χ1v) is 4.87. The van der Waals surface area contributed by atoms with Crippen LogP contribution in [0.25, 0.3) is 0 Å². The summed E-state index contributed by atoms with van der Waals surface area (Å²) < 4.78 is 40.9. The Hall–Kier alpha value is -2.49. The van der Waals surface area contributed by atoms with Gasteiger partial charge in [-0.25, -0.2) is 4.79 Å². The number of carbonyl (C=O) groups excluding carboxylic acids is 2. The molecule has 19 heavy (non-hydrogen) atoms. The summed E-state index contributed by atoms with van der Waals surface area (Å²) in [6, 6.07) is 3.72. The number of nitrogens with one attached hydrogen (secondary N) is 1. The van der Waals surface area contributed by atoms with E-state index in [1.54, 1.807) is 5.32 Å². The molecule has 1 aromatic carbocycles. The van der Waals surface area contributed by atoms with Gasteiger partial charge in [0, 0.05) is 0 Å². The summed E-state index contributed by atoms with van der Waals surface area (Å²) in [6.45, 7) is 0. The van der Waals surface area contributed by atoms with Crippen molar-refractivity contribution in [3.05, 3.63) is 29.3 Å². The molecule has 0 radical (unpaired) electrons. The summed E-state index contributed by atoms with van der Waals surface area (Å²) in [5.41, 5.74) is -0.565. The molecule has 1 N–H and O–H groups in total. The van der Waals surface area contributed by atoms with Gasteiger partial charge in [0.25, 0.3) is 0 Å². The molecule has 7 heteroatoms. The van der Waals surface area contributed by atoms with Crippen molar-refractivity contribution in [1.82, 2.24) is 0 Å². The highest BCUT2D eigenvalue weighted by molar-refractivity contribution is 6.00. The summed E-state index contributed by atoms with van der Waals surface area (Å²) in [6.07, 6.45) is 0.0899. The number of benzene rings is 1. The minimum Gasteiger partial charge on any atom is -0.465 e. The topological polar surface area (TPSA) is 55.4 Å². The highest BCUT2D eigenvalue weighted by atomic mass is 19.4. The molecular formula is C12H8F3NO3. The van der Waals surface area contributed by atoms with Gasteiger partial charge >= 0.3 is 18.1 Å². The van der Waals surface area contributed by atoms with Crippen molar-refractivity contribution < 1.29 is 27.5 Å². The molecule has 1 amide bonds. The second-order valence-electron chi connectivity index (χ2n) is 3.32. The zero-order valence-electron chi connectivity index (χ0n) is 9.67. The summed E-state index contributed by atoms with van der Waals surface area (Å²) in [5.74, 6) is -0.931. The minimum absolute atomic E-state index is 0.107. The monoisotopic (exact) mass is 271 g/mol. The Balaban J connectivity index is 3.20. The van der Waals surface area contributed by atoms with Gasteiger partial charge in [-0.1, -0.05) is 12.0 Å². The van der Waals surface area contributed by atoms with E-state index in [0.29, 0.717) is 0 Å². The molecule has 1 aromatic rings. The molecule has 0 spiro atoms. The van der Waals surface area contributed by atoms with E-state index >= 15 is 0 Å². The van der Waals surface area contributed by atoms with Crippen molar-refractivity contribution >= 4 is 17.6 Å². The molecule has 0 fully saturated rings. The average molecular weight is 271 g/mol. The van der Waals surface area contributed by atoms with E-state index in [1.165, 1.54) is 12.1 Å². The molecule has 0 aliphatic heterocycles. The van der Waals surface area contributed by atoms with Crippen LogP contribution >= 0.6 is 0 Å². The molecule has 0 bridgehead atoms. The Kier molecular flexibility index (Phi) is 4.17. The van der Waals surface area contributed by atoms with Crippen molar-refractivity contribution in [3.63, 3.8) is 0 Å². The summed E-state index contributed by atoms with van der Waals surface area (Å²) >= 11 is 0. The average Bonchev–Trinajstić information content (AvgIpc) is 2.36. The van der Waals surface area contributed by atoms with Gasteiger partial charge in [0.2, 0.25) is 0 Å². The number of hydrogen-bond donors (Lipinski definition) is 1. The fraction of sp³-hybridized carbons (Fsp3) is 0.167. The normalized spacial score (nSPS) is 10.5. The first-order chi connectivity index (χ1) is 8.81. The highest BCUT2D eigenvalue weighted by Crippen LogP contribution is 2.23. The predicted molar refractivity (Wildman–Crippen MR) is 60.4 cm³/mol. The molecule has 0 heterocycles. The van der Waals surface area contributed by atoms with Crippen molar-refractivity contribution in [1.29, 1.82) is 0 Å². The van der Waals surface area contributed by atoms with Gasteiger partial charge in [0.05, 0.1) is 23.9 Å². The number of terminal acetylenes is 1. The van der Waals surface area contributed by atoms with Crippen LogP contribution in [-0.2, 0) is 9.53 Å². The Morgan fingerprint density at radius 1 is 1.37 bits per heavy atom. The maximum Gasteiger partial charge on any atom is 0.471 e. The third-order valence-corrected chi connectivity index (χ3v) is 2.12. The zero-order valence-corrected chi connectivity index (χ0v) is 9.67. The van der Waals surface area contributed by atoms with Crippen molar-refractivity contribution in [2.75, 3.05) is 12.4 Å². The number of anilines is 1. The van der Waals surface area contributed by atoms with Crippen LogP contribution in [-0.4, -0.2) is 25.2 Å². The van der Waals surface area contributed by atoms with Gasteiger partial charge in [0.1, 0.15) is 0 Å². The van der Waals surface area contributed by atoms with E-state index in [-0.39, 0.29) is 16.8 Å². The lowest BCUT2D eigenvalue weighted by Gasteiger charge is -2.11. The largest absolute Gasteiger partial charge is 0.471 e. The van der Waals surface area contributed by atoms with Gasteiger partial charge in [-0.05, 0) is 12.1 Å². The Bertz CT molecular complexity index is 558. The number of methoxy groups -OCH3 is 1. The summed E-state index contributed by atoms with van der Waals surface area (Å²) in [5, 5.41) is 1.61. The van der Waals surface area contributed by atoms with Crippen molar-refractivity contribution in [2.45, 2.75) is 6.18 Å². The number of ether oxygens (including phenoxy) is 1. The van der Waals surface area contributed by atoms with Gasteiger partial charge in [0.15, 0.2) is 0 Å². The van der Waals surface area contributed by atoms with E-state index in [9.17, 15) is 22.8 Å². The van der Waals surface area contributed by atoms with Gasteiger partial charge < -0.3 is 10.1 Å². The molecule has 0 unspecified atom stereocenters. The van der Waals surface area contributed by atoms with Crippen LogP contribution in [0.5, 0.6) is 0 Å². The number of alkyl halides is 3. The van der Waals surface area contributed by atoms with Crippen LogP contribution in [0.3, 0.4) is 0 Å². The van der Waals surface area contributed by atoms with Crippen LogP contribution in [0.4, 0.5) is 18.9 Å². The van der Waals surface area contributed by atoms with E-state index in [0.717, 1.165) is 13.2 Å². The van der Waals surface area contributed by atoms with Crippen LogP contribution in [0.15, 0.2) is 18.2 Å². The quantitative estimate of drug-likeness (QED) is 0.660. The van der Waals surface area contributed by atoms with Crippen LogP contribution in [0, 0.1) is 12.3 Å². The lowest BCUT2D eigenvalue weighted by Crippen LogP contribution is -2.30. The van der Waals surface area contributed by atoms with Gasteiger partial charge in [-0.2, -0.15) is 13.2 Å². The lowest BCUT2D eigenvalue weighted by molar-refractivity contribution is -0.167. The van der Waals surface area contributed by atoms with Crippen LogP contribution in [0.1, 0.15) is 15.9 Å². The maximum absolute atomic E-state index is 12.1. The Morgan fingerprint density at radius 2 is 2.00 bits per heavy atom. The number of rotatable bonds is 2. The highest BCUT2D eigenvalue weighted by Gasteiger charge is 2.39. The molecule has 4 nitrogen and oxygen atoms in total. The van der Waals surface area contributed by atoms with Crippen LogP contribution in [0.2, 0.25) is 0 Å². The molecule has 0 aromatic heterocycles. The molecule has 0 saturated carbocycles. The fourth-order valence-corrected chi connectivity index (χ4v) is 1.29. The SMILES string of the molecule is C#Cc1c(NC(=O)C(F)(F)F)cccc1C(=O)OC.